The van der Waals surface area contributed by atoms with Crippen molar-refractivity contribution in [2.45, 2.75) is 102 Å². The van der Waals surface area contributed by atoms with Gasteiger partial charge in [0.25, 0.3) is 0 Å². The molecule has 4 heteroatoms. The fraction of sp³-hybridized carbons (Fsp3) is 0.917. The first-order chi connectivity index (χ1) is 13.7. The second kappa shape index (κ2) is 7.99. The van der Waals surface area contributed by atoms with E-state index < -0.39 is 0 Å². The van der Waals surface area contributed by atoms with Crippen LogP contribution in [0.2, 0.25) is 0 Å². The molecule has 2 heterocycles. The lowest BCUT2D eigenvalue weighted by Crippen LogP contribution is -2.50. The van der Waals surface area contributed by atoms with Gasteiger partial charge in [0.05, 0.1) is 0 Å². The number of rotatable bonds is 2. The number of fused-ring (bicyclic) bond motifs is 2. The third-order valence-corrected chi connectivity index (χ3v) is 8.99. The van der Waals surface area contributed by atoms with Gasteiger partial charge in [-0.15, -0.1) is 0 Å². The molecule has 3 aliphatic carbocycles. The molecule has 2 amide bonds. The number of hydrogen-bond donors (Lipinski definition) is 0. The SMILES string of the molecule is O=C(C1CCCCC1C(=O)N1CCC2CCCCC21)N1CCC2CCCCC21. The zero-order chi connectivity index (χ0) is 19.1. The highest BCUT2D eigenvalue weighted by Gasteiger charge is 2.47. The van der Waals surface area contributed by atoms with Crippen LogP contribution in [-0.2, 0) is 9.59 Å². The fourth-order valence-corrected chi connectivity index (χ4v) is 7.51. The normalized spacial score (nSPS) is 40.9. The highest BCUT2D eigenvalue weighted by molar-refractivity contribution is 5.88. The molecule has 6 atom stereocenters. The van der Waals surface area contributed by atoms with E-state index in [9.17, 15) is 9.59 Å². The highest BCUT2D eigenvalue weighted by atomic mass is 16.2. The molecular weight excluding hydrogens is 348 g/mol. The van der Waals surface area contributed by atoms with E-state index in [-0.39, 0.29) is 11.8 Å². The minimum absolute atomic E-state index is 0.0374. The van der Waals surface area contributed by atoms with Crippen molar-refractivity contribution in [2.24, 2.45) is 23.7 Å². The maximum atomic E-state index is 13.6. The first-order valence-electron chi connectivity index (χ1n) is 12.3. The molecule has 6 unspecified atom stereocenters. The van der Waals surface area contributed by atoms with E-state index in [2.05, 4.69) is 9.80 Å². The summed E-state index contributed by atoms with van der Waals surface area (Å²) in [6.45, 7) is 1.89. The summed E-state index contributed by atoms with van der Waals surface area (Å²) in [6.07, 6.45) is 16.7. The zero-order valence-electron chi connectivity index (χ0n) is 17.5. The van der Waals surface area contributed by atoms with Crippen LogP contribution in [0.15, 0.2) is 0 Å². The van der Waals surface area contributed by atoms with Gasteiger partial charge in [-0.25, -0.2) is 0 Å². The molecular formula is C24H38N2O2. The highest BCUT2D eigenvalue weighted by Crippen LogP contribution is 2.42. The van der Waals surface area contributed by atoms with E-state index in [1.54, 1.807) is 0 Å². The Kier molecular flexibility index (Phi) is 5.40. The Morgan fingerprint density at radius 2 is 0.893 bits per heavy atom. The number of carbonyl (C=O) groups is 2. The Bertz CT molecular complexity index is 553. The Morgan fingerprint density at radius 1 is 0.500 bits per heavy atom. The molecule has 0 bridgehead atoms. The molecule has 28 heavy (non-hydrogen) atoms. The lowest BCUT2D eigenvalue weighted by Gasteiger charge is -2.40. The summed E-state index contributed by atoms with van der Waals surface area (Å²) < 4.78 is 0. The topological polar surface area (TPSA) is 40.6 Å². The molecule has 3 saturated carbocycles. The number of hydrogen-bond acceptors (Lipinski definition) is 2. The predicted octanol–water partition coefficient (Wildman–Crippen LogP) is 4.38. The van der Waals surface area contributed by atoms with Crippen LogP contribution in [-0.4, -0.2) is 46.8 Å². The van der Waals surface area contributed by atoms with E-state index in [0.717, 1.165) is 50.6 Å². The van der Waals surface area contributed by atoms with Gasteiger partial charge in [-0.3, -0.25) is 9.59 Å². The van der Waals surface area contributed by atoms with Gasteiger partial charge in [0, 0.05) is 37.0 Å². The fourth-order valence-electron chi connectivity index (χ4n) is 7.51. The quantitative estimate of drug-likeness (QED) is 0.707. The average molecular weight is 387 g/mol. The monoisotopic (exact) mass is 386 g/mol. The Hall–Kier alpha value is -1.06. The van der Waals surface area contributed by atoms with Gasteiger partial charge in [0.2, 0.25) is 11.8 Å². The first-order valence-corrected chi connectivity index (χ1v) is 12.3. The molecule has 0 spiro atoms. The minimum Gasteiger partial charge on any atom is -0.339 e. The van der Waals surface area contributed by atoms with Gasteiger partial charge in [-0.2, -0.15) is 0 Å². The van der Waals surface area contributed by atoms with Crippen molar-refractivity contribution in [3.05, 3.63) is 0 Å². The van der Waals surface area contributed by atoms with Gasteiger partial charge in [0.1, 0.15) is 0 Å². The number of amides is 2. The van der Waals surface area contributed by atoms with Crippen molar-refractivity contribution in [2.75, 3.05) is 13.1 Å². The molecule has 2 saturated heterocycles. The molecule has 2 aliphatic heterocycles. The Morgan fingerprint density at radius 3 is 1.36 bits per heavy atom. The van der Waals surface area contributed by atoms with Crippen molar-refractivity contribution < 1.29 is 9.59 Å². The molecule has 0 radical (unpaired) electrons. The zero-order valence-corrected chi connectivity index (χ0v) is 17.5. The maximum absolute atomic E-state index is 13.6. The summed E-state index contributed by atoms with van der Waals surface area (Å²) in [5.41, 5.74) is 0. The summed E-state index contributed by atoms with van der Waals surface area (Å²) in [5.74, 6) is 2.07. The van der Waals surface area contributed by atoms with Crippen LogP contribution in [0.25, 0.3) is 0 Å². The van der Waals surface area contributed by atoms with Gasteiger partial charge in [-0.1, -0.05) is 38.5 Å². The molecule has 0 aromatic carbocycles. The second-order valence-corrected chi connectivity index (χ2v) is 10.4. The van der Waals surface area contributed by atoms with Crippen LogP contribution in [0.3, 0.4) is 0 Å². The van der Waals surface area contributed by atoms with Crippen molar-refractivity contribution in [3.63, 3.8) is 0 Å². The van der Waals surface area contributed by atoms with Crippen molar-refractivity contribution in [1.82, 2.24) is 9.80 Å². The summed E-state index contributed by atoms with van der Waals surface area (Å²) in [6, 6.07) is 0.960. The smallest absolute Gasteiger partial charge is 0.226 e. The van der Waals surface area contributed by atoms with E-state index in [1.165, 1.54) is 64.2 Å². The van der Waals surface area contributed by atoms with E-state index in [0.29, 0.717) is 23.9 Å². The lowest BCUT2D eigenvalue weighted by atomic mass is 9.76. The molecule has 5 fully saturated rings. The van der Waals surface area contributed by atoms with E-state index in [4.69, 9.17) is 0 Å². The third kappa shape index (κ3) is 3.29. The lowest BCUT2D eigenvalue weighted by molar-refractivity contribution is -0.150. The van der Waals surface area contributed by atoms with Gasteiger partial charge in [-0.05, 0) is 63.2 Å². The van der Waals surface area contributed by atoms with Crippen LogP contribution >= 0.6 is 0 Å². The van der Waals surface area contributed by atoms with Crippen LogP contribution in [0.5, 0.6) is 0 Å². The maximum Gasteiger partial charge on any atom is 0.226 e. The summed E-state index contributed by atoms with van der Waals surface area (Å²) in [5, 5.41) is 0. The number of nitrogens with zero attached hydrogens (tertiary/aromatic N) is 2. The molecule has 156 valence electrons. The standard InChI is InChI=1S/C24H38N2O2/c27-23(25-15-13-17-7-1-5-11-21(17)25)19-9-3-4-10-20(19)24(28)26-16-14-18-8-2-6-12-22(18)26/h17-22H,1-16H2. The summed E-state index contributed by atoms with van der Waals surface area (Å²) in [4.78, 5) is 31.7. The van der Waals surface area contributed by atoms with E-state index in [1.807, 2.05) is 0 Å². The summed E-state index contributed by atoms with van der Waals surface area (Å²) >= 11 is 0. The van der Waals surface area contributed by atoms with E-state index >= 15 is 0 Å². The summed E-state index contributed by atoms with van der Waals surface area (Å²) in [7, 11) is 0. The van der Waals surface area contributed by atoms with Gasteiger partial charge in [0.15, 0.2) is 0 Å². The Labute approximate surface area is 170 Å². The van der Waals surface area contributed by atoms with Gasteiger partial charge >= 0.3 is 0 Å². The third-order valence-electron chi connectivity index (χ3n) is 8.99. The van der Waals surface area contributed by atoms with Crippen LogP contribution in [0, 0.1) is 23.7 Å². The second-order valence-electron chi connectivity index (χ2n) is 10.4. The number of likely N-dealkylation sites (tertiary alicyclic amines) is 2. The predicted molar refractivity (Wildman–Crippen MR) is 110 cm³/mol. The minimum atomic E-state index is -0.0374. The molecule has 0 aromatic heterocycles. The van der Waals surface area contributed by atoms with Crippen LogP contribution in [0.4, 0.5) is 0 Å². The molecule has 0 N–H and O–H groups in total. The average Bonchev–Trinajstić information content (AvgIpc) is 3.37. The molecule has 0 aromatic rings. The van der Waals surface area contributed by atoms with Crippen molar-refractivity contribution in [3.8, 4) is 0 Å². The first kappa shape index (κ1) is 18.9. The largest absolute Gasteiger partial charge is 0.339 e. The van der Waals surface area contributed by atoms with Crippen molar-refractivity contribution in [1.29, 1.82) is 0 Å². The van der Waals surface area contributed by atoms with Crippen LogP contribution < -0.4 is 0 Å². The van der Waals surface area contributed by atoms with Gasteiger partial charge < -0.3 is 9.80 Å². The molecule has 5 rings (SSSR count). The van der Waals surface area contributed by atoms with Crippen molar-refractivity contribution >= 4 is 11.8 Å². The molecule has 4 nitrogen and oxygen atoms in total. The molecule has 5 aliphatic rings. The Balaban J connectivity index is 1.31. The van der Waals surface area contributed by atoms with Crippen LogP contribution in [0.1, 0.15) is 89.9 Å². The number of carbonyl (C=O) groups excluding carboxylic acids is 2.